The first kappa shape index (κ1) is 14.5. The Bertz CT molecular complexity index is 407. The number of rotatable bonds is 6. The highest BCUT2D eigenvalue weighted by atomic mass is 16.5. The molecule has 0 spiro atoms. The summed E-state index contributed by atoms with van der Waals surface area (Å²) in [5.74, 6) is 0.246. The Hall–Kier alpha value is -1.59. The molecule has 0 bridgehead atoms. The summed E-state index contributed by atoms with van der Waals surface area (Å²) in [6.45, 7) is 2.28. The van der Waals surface area contributed by atoms with Crippen LogP contribution in [0.3, 0.4) is 0 Å². The maximum absolute atomic E-state index is 11.4. The van der Waals surface area contributed by atoms with Gasteiger partial charge in [0, 0.05) is 18.7 Å². The van der Waals surface area contributed by atoms with Crippen LogP contribution in [0.25, 0.3) is 0 Å². The first-order valence-electron chi connectivity index (χ1n) is 5.94. The number of aliphatic hydroxyl groups excluding tert-OH is 1. The lowest BCUT2D eigenvalue weighted by atomic mass is 10.1. The van der Waals surface area contributed by atoms with Gasteiger partial charge < -0.3 is 20.9 Å². The fourth-order valence-electron chi connectivity index (χ4n) is 1.60. The molecule has 5 heteroatoms. The average Bonchev–Trinajstić information content (AvgIpc) is 2.43. The van der Waals surface area contributed by atoms with Crippen LogP contribution >= 0.6 is 0 Å². The van der Waals surface area contributed by atoms with Crippen LogP contribution in [0.5, 0.6) is 5.75 Å². The second kappa shape index (κ2) is 6.98. The van der Waals surface area contributed by atoms with E-state index in [1.807, 2.05) is 18.2 Å². The number of ether oxygens (including phenoxy) is 1. The fourth-order valence-corrected chi connectivity index (χ4v) is 1.60. The van der Waals surface area contributed by atoms with Crippen LogP contribution in [0.4, 0.5) is 0 Å². The highest BCUT2D eigenvalue weighted by Crippen LogP contribution is 2.20. The smallest absolute Gasteiger partial charge is 0.250 e. The number of hydrogen-bond acceptors (Lipinski definition) is 4. The number of amides is 1. The van der Waals surface area contributed by atoms with E-state index >= 15 is 0 Å². The molecule has 1 atom stereocenters. The summed E-state index contributed by atoms with van der Waals surface area (Å²) < 4.78 is 5.23. The lowest BCUT2D eigenvalue weighted by Crippen LogP contribution is -2.38. The third kappa shape index (κ3) is 3.72. The van der Waals surface area contributed by atoms with Crippen molar-refractivity contribution >= 4 is 5.91 Å². The Balaban J connectivity index is 2.73. The van der Waals surface area contributed by atoms with Gasteiger partial charge in [0.05, 0.1) is 7.11 Å². The zero-order valence-electron chi connectivity index (χ0n) is 10.8. The number of nitrogens with one attached hydrogen (secondary N) is 1. The highest BCUT2D eigenvalue weighted by Gasteiger charge is 2.13. The van der Waals surface area contributed by atoms with E-state index < -0.39 is 12.0 Å². The molecule has 100 valence electrons. The van der Waals surface area contributed by atoms with Gasteiger partial charge in [-0.25, -0.2) is 0 Å². The van der Waals surface area contributed by atoms with E-state index in [1.165, 1.54) is 5.56 Å². The van der Waals surface area contributed by atoms with Gasteiger partial charge in [-0.1, -0.05) is 19.1 Å². The van der Waals surface area contributed by atoms with Gasteiger partial charge in [0.25, 0.3) is 0 Å². The number of methoxy groups -OCH3 is 1. The normalized spacial score (nSPS) is 12.0. The van der Waals surface area contributed by atoms with Gasteiger partial charge in [0.15, 0.2) is 0 Å². The molecule has 0 radical (unpaired) electrons. The maximum Gasteiger partial charge on any atom is 0.250 e. The minimum absolute atomic E-state index is 0.0853. The molecule has 0 aliphatic rings. The molecule has 5 nitrogen and oxygen atoms in total. The molecule has 0 aliphatic carbocycles. The predicted molar refractivity (Wildman–Crippen MR) is 69.3 cm³/mol. The van der Waals surface area contributed by atoms with Crippen LogP contribution in [0.15, 0.2) is 18.2 Å². The van der Waals surface area contributed by atoms with Crippen molar-refractivity contribution in [1.82, 2.24) is 5.32 Å². The molecule has 1 unspecified atom stereocenters. The van der Waals surface area contributed by atoms with Crippen LogP contribution in [0.1, 0.15) is 18.1 Å². The Morgan fingerprint density at radius 2 is 2.28 bits per heavy atom. The number of hydrogen-bond donors (Lipinski definition) is 3. The first-order chi connectivity index (χ1) is 8.62. The van der Waals surface area contributed by atoms with Gasteiger partial charge in [-0.05, 0) is 18.1 Å². The number of aliphatic hydroxyl groups is 1. The second-order valence-electron chi connectivity index (χ2n) is 3.97. The van der Waals surface area contributed by atoms with Gasteiger partial charge in [-0.2, -0.15) is 0 Å². The second-order valence-corrected chi connectivity index (χ2v) is 3.97. The number of benzene rings is 1. The van der Waals surface area contributed by atoms with E-state index in [9.17, 15) is 9.90 Å². The molecule has 0 aliphatic heterocycles. The Morgan fingerprint density at radius 3 is 2.83 bits per heavy atom. The van der Waals surface area contributed by atoms with Crippen molar-refractivity contribution in [2.24, 2.45) is 5.73 Å². The van der Waals surface area contributed by atoms with E-state index in [-0.39, 0.29) is 6.54 Å². The van der Waals surface area contributed by atoms with Crippen molar-refractivity contribution in [3.63, 3.8) is 0 Å². The first-order valence-corrected chi connectivity index (χ1v) is 5.94. The summed E-state index contributed by atoms with van der Waals surface area (Å²) >= 11 is 0. The molecule has 0 heterocycles. The van der Waals surface area contributed by atoms with E-state index in [1.54, 1.807) is 7.11 Å². The molecule has 1 aromatic carbocycles. The maximum atomic E-state index is 11.4. The number of nitrogens with two attached hydrogens (primary N) is 1. The minimum atomic E-state index is -1.16. The molecule has 0 saturated heterocycles. The van der Waals surface area contributed by atoms with Crippen LogP contribution < -0.4 is 15.8 Å². The van der Waals surface area contributed by atoms with Crippen LogP contribution in [0, 0.1) is 0 Å². The molecular formula is C13H20N2O3. The van der Waals surface area contributed by atoms with Gasteiger partial charge in [0.1, 0.15) is 11.9 Å². The summed E-state index contributed by atoms with van der Waals surface area (Å²) in [6, 6.07) is 5.84. The quantitative estimate of drug-likeness (QED) is 0.675. The predicted octanol–water partition coefficient (Wildman–Crippen LogP) is 0.193. The standard InChI is InChI=1S/C13H20N2O3/c1-3-9-4-5-12(18-2)10(6-9)8-15-13(17)11(16)7-14/h4-6,11,16H,3,7-8,14H2,1-2H3,(H,15,17). The molecule has 18 heavy (non-hydrogen) atoms. The van der Waals surface area contributed by atoms with Crippen molar-refractivity contribution in [2.45, 2.75) is 26.0 Å². The van der Waals surface area contributed by atoms with E-state index in [0.29, 0.717) is 6.54 Å². The minimum Gasteiger partial charge on any atom is -0.496 e. The summed E-state index contributed by atoms with van der Waals surface area (Å²) in [7, 11) is 1.58. The van der Waals surface area contributed by atoms with Gasteiger partial charge in [-0.3, -0.25) is 4.79 Å². The number of aryl methyl sites for hydroxylation is 1. The van der Waals surface area contributed by atoms with Crippen LogP contribution in [-0.2, 0) is 17.8 Å². The Morgan fingerprint density at radius 1 is 1.56 bits per heavy atom. The fraction of sp³-hybridized carbons (Fsp3) is 0.462. The summed E-state index contributed by atoms with van der Waals surface area (Å²) in [4.78, 5) is 11.4. The van der Waals surface area contributed by atoms with Crippen molar-refractivity contribution in [1.29, 1.82) is 0 Å². The van der Waals surface area contributed by atoms with Gasteiger partial charge in [-0.15, -0.1) is 0 Å². The summed E-state index contributed by atoms with van der Waals surface area (Å²) in [6.07, 6.45) is -0.249. The molecule has 4 N–H and O–H groups in total. The third-order valence-corrected chi connectivity index (χ3v) is 2.73. The molecule has 1 aromatic rings. The van der Waals surface area contributed by atoms with Crippen molar-refractivity contribution in [2.75, 3.05) is 13.7 Å². The van der Waals surface area contributed by atoms with Crippen molar-refractivity contribution in [3.8, 4) is 5.75 Å². The largest absolute Gasteiger partial charge is 0.496 e. The Labute approximate surface area is 107 Å². The van der Waals surface area contributed by atoms with Crippen LogP contribution in [0.2, 0.25) is 0 Å². The zero-order chi connectivity index (χ0) is 13.5. The molecule has 0 saturated carbocycles. The summed E-state index contributed by atoms with van der Waals surface area (Å²) in [5, 5.41) is 11.9. The topological polar surface area (TPSA) is 84.6 Å². The van der Waals surface area contributed by atoms with Crippen LogP contribution in [-0.4, -0.2) is 30.8 Å². The third-order valence-electron chi connectivity index (χ3n) is 2.73. The zero-order valence-corrected chi connectivity index (χ0v) is 10.8. The van der Waals surface area contributed by atoms with E-state index in [4.69, 9.17) is 10.5 Å². The van der Waals surface area contributed by atoms with Crippen molar-refractivity contribution < 1.29 is 14.6 Å². The lowest BCUT2D eigenvalue weighted by molar-refractivity contribution is -0.128. The Kier molecular flexibility index (Phi) is 5.61. The molecular weight excluding hydrogens is 232 g/mol. The molecule has 1 rings (SSSR count). The van der Waals surface area contributed by atoms with Gasteiger partial charge in [0.2, 0.25) is 5.91 Å². The molecule has 1 amide bonds. The lowest BCUT2D eigenvalue weighted by Gasteiger charge is -2.13. The molecule has 0 aromatic heterocycles. The molecule has 0 fully saturated rings. The van der Waals surface area contributed by atoms with Crippen molar-refractivity contribution in [3.05, 3.63) is 29.3 Å². The average molecular weight is 252 g/mol. The SMILES string of the molecule is CCc1ccc(OC)c(CNC(=O)C(O)CN)c1. The monoisotopic (exact) mass is 252 g/mol. The van der Waals surface area contributed by atoms with Gasteiger partial charge >= 0.3 is 0 Å². The highest BCUT2D eigenvalue weighted by molar-refractivity contribution is 5.80. The number of carbonyl (C=O) groups excluding carboxylic acids is 1. The summed E-state index contributed by atoms with van der Waals surface area (Å²) in [5.41, 5.74) is 7.26. The van der Waals surface area contributed by atoms with E-state index in [0.717, 1.165) is 17.7 Å². The number of carbonyl (C=O) groups is 1. The van der Waals surface area contributed by atoms with E-state index in [2.05, 4.69) is 12.2 Å².